The Bertz CT molecular complexity index is 1050. The van der Waals surface area contributed by atoms with Gasteiger partial charge in [-0.2, -0.15) is 0 Å². The van der Waals surface area contributed by atoms with Gasteiger partial charge in [-0.3, -0.25) is 24.2 Å². The summed E-state index contributed by atoms with van der Waals surface area (Å²) in [4.78, 5) is 42.6. The van der Waals surface area contributed by atoms with E-state index in [1.807, 2.05) is 23.8 Å². The standard InChI is InChI=1S/C21H24N8O2/c1-15-23-7-10-28(15)20-12-19(25-14-26-20)27-8-2-16(3-9-27)21(30)29-18(4-11-31-29)17-13-22-5-6-24-17/h5-7,10,12-14,16,18H,2-4,8-9,11H2,1H3/t18-/m0/s1. The second-order valence-corrected chi connectivity index (χ2v) is 7.77. The van der Waals surface area contributed by atoms with Crippen molar-refractivity contribution in [1.82, 2.24) is 34.6 Å². The molecule has 2 fully saturated rings. The van der Waals surface area contributed by atoms with E-state index < -0.39 is 0 Å². The number of anilines is 1. The molecular weight excluding hydrogens is 396 g/mol. The summed E-state index contributed by atoms with van der Waals surface area (Å²) in [6, 6.07) is 1.80. The minimum atomic E-state index is -0.165. The zero-order chi connectivity index (χ0) is 21.2. The number of amides is 1. The van der Waals surface area contributed by atoms with Gasteiger partial charge in [0.15, 0.2) is 0 Å². The van der Waals surface area contributed by atoms with Crippen LogP contribution in [0.15, 0.2) is 43.4 Å². The average molecular weight is 420 g/mol. The topological polar surface area (TPSA) is 102 Å². The highest BCUT2D eigenvalue weighted by Gasteiger charge is 2.37. The molecule has 10 heteroatoms. The predicted octanol–water partition coefficient (Wildman–Crippen LogP) is 1.88. The minimum absolute atomic E-state index is 0.0326. The fourth-order valence-corrected chi connectivity index (χ4v) is 4.24. The molecule has 5 heterocycles. The van der Waals surface area contributed by atoms with E-state index in [-0.39, 0.29) is 17.9 Å². The molecule has 0 aromatic carbocycles. The Morgan fingerprint density at radius 2 is 1.87 bits per heavy atom. The van der Waals surface area contributed by atoms with Gasteiger partial charge in [0.2, 0.25) is 5.91 Å². The number of piperidine rings is 1. The lowest BCUT2D eigenvalue weighted by atomic mass is 9.95. The zero-order valence-electron chi connectivity index (χ0n) is 17.3. The van der Waals surface area contributed by atoms with Crippen LogP contribution in [-0.2, 0) is 9.63 Å². The first-order valence-corrected chi connectivity index (χ1v) is 10.5. The Kier molecular flexibility index (Phi) is 5.29. The maximum atomic E-state index is 13.2. The van der Waals surface area contributed by atoms with E-state index in [0.29, 0.717) is 6.61 Å². The molecule has 10 nitrogen and oxygen atoms in total. The molecule has 31 heavy (non-hydrogen) atoms. The third kappa shape index (κ3) is 3.86. The number of nitrogens with zero attached hydrogens (tertiary/aromatic N) is 8. The molecule has 160 valence electrons. The first-order chi connectivity index (χ1) is 15.2. The van der Waals surface area contributed by atoms with Crippen LogP contribution in [0.2, 0.25) is 0 Å². The van der Waals surface area contributed by atoms with Crippen molar-refractivity contribution in [2.45, 2.75) is 32.2 Å². The number of hydrogen-bond donors (Lipinski definition) is 0. The van der Waals surface area contributed by atoms with Gasteiger partial charge in [-0.15, -0.1) is 0 Å². The number of carbonyl (C=O) groups excluding carboxylic acids is 1. The van der Waals surface area contributed by atoms with Crippen LogP contribution in [0.4, 0.5) is 5.82 Å². The van der Waals surface area contributed by atoms with Crippen LogP contribution in [-0.4, -0.2) is 60.2 Å². The van der Waals surface area contributed by atoms with Crippen LogP contribution in [0.3, 0.4) is 0 Å². The van der Waals surface area contributed by atoms with Crippen molar-refractivity contribution >= 4 is 11.7 Å². The first kappa shape index (κ1) is 19.6. The van der Waals surface area contributed by atoms with Crippen molar-refractivity contribution in [3.05, 3.63) is 54.9 Å². The molecule has 0 N–H and O–H groups in total. The molecule has 0 radical (unpaired) electrons. The Hall–Kier alpha value is -3.40. The van der Waals surface area contributed by atoms with Gasteiger partial charge >= 0.3 is 0 Å². The molecule has 1 atom stereocenters. The van der Waals surface area contributed by atoms with E-state index in [4.69, 9.17) is 4.84 Å². The van der Waals surface area contributed by atoms with Crippen LogP contribution in [0.1, 0.15) is 36.8 Å². The number of rotatable bonds is 4. The van der Waals surface area contributed by atoms with Crippen LogP contribution in [0, 0.1) is 12.8 Å². The molecule has 0 bridgehead atoms. The van der Waals surface area contributed by atoms with Gasteiger partial charge in [-0.25, -0.2) is 20.0 Å². The predicted molar refractivity (Wildman–Crippen MR) is 111 cm³/mol. The van der Waals surface area contributed by atoms with Crippen molar-refractivity contribution in [2.24, 2.45) is 5.92 Å². The quantitative estimate of drug-likeness (QED) is 0.630. The lowest BCUT2D eigenvalue weighted by Gasteiger charge is -2.34. The van der Waals surface area contributed by atoms with Crippen LogP contribution in [0.5, 0.6) is 0 Å². The number of imidazole rings is 1. The number of hydroxylamine groups is 2. The summed E-state index contributed by atoms with van der Waals surface area (Å²) in [6.45, 7) is 3.95. The van der Waals surface area contributed by atoms with E-state index in [0.717, 1.165) is 55.5 Å². The maximum absolute atomic E-state index is 13.2. The molecule has 5 rings (SSSR count). The van der Waals surface area contributed by atoms with Gasteiger partial charge in [0.25, 0.3) is 0 Å². The SMILES string of the molecule is Cc1nccn1-c1cc(N2CCC(C(=O)N3OCC[C@H]3c3cnccn3)CC2)ncn1. The normalized spacial score (nSPS) is 19.7. The van der Waals surface area contributed by atoms with E-state index >= 15 is 0 Å². The summed E-state index contributed by atoms with van der Waals surface area (Å²) in [5.74, 6) is 2.47. The lowest BCUT2D eigenvalue weighted by molar-refractivity contribution is -0.182. The summed E-state index contributed by atoms with van der Waals surface area (Å²) < 4.78 is 1.93. The summed E-state index contributed by atoms with van der Waals surface area (Å²) in [6.07, 6.45) is 12.4. The summed E-state index contributed by atoms with van der Waals surface area (Å²) in [5, 5.41) is 1.52. The second-order valence-electron chi connectivity index (χ2n) is 7.77. The highest BCUT2D eigenvalue weighted by atomic mass is 16.7. The van der Waals surface area contributed by atoms with Gasteiger partial charge in [0.1, 0.15) is 29.8 Å². The number of aryl methyl sites for hydroxylation is 1. The van der Waals surface area contributed by atoms with Gasteiger partial charge < -0.3 is 4.90 Å². The van der Waals surface area contributed by atoms with Gasteiger partial charge in [-0.1, -0.05) is 0 Å². The third-order valence-corrected chi connectivity index (χ3v) is 5.93. The maximum Gasteiger partial charge on any atom is 0.250 e. The zero-order valence-corrected chi connectivity index (χ0v) is 17.3. The van der Waals surface area contributed by atoms with E-state index in [9.17, 15) is 4.79 Å². The third-order valence-electron chi connectivity index (χ3n) is 5.93. The first-order valence-electron chi connectivity index (χ1n) is 10.5. The molecule has 0 saturated carbocycles. The summed E-state index contributed by atoms with van der Waals surface area (Å²) >= 11 is 0. The highest BCUT2D eigenvalue weighted by Crippen LogP contribution is 2.32. The Balaban J connectivity index is 1.25. The molecule has 1 amide bonds. The average Bonchev–Trinajstić information content (AvgIpc) is 3.49. The monoisotopic (exact) mass is 420 g/mol. The van der Waals surface area contributed by atoms with Crippen LogP contribution < -0.4 is 4.90 Å². The largest absolute Gasteiger partial charge is 0.356 e. The number of hydrogen-bond acceptors (Lipinski definition) is 8. The lowest BCUT2D eigenvalue weighted by Crippen LogP contribution is -2.42. The van der Waals surface area contributed by atoms with E-state index in [2.05, 4.69) is 29.8 Å². The molecule has 3 aromatic heterocycles. The summed E-state index contributed by atoms with van der Waals surface area (Å²) in [5.41, 5.74) is 0.772. The fraction of sp³-hybridized carbons (Fsp3) is 0.429. The molecular formula is C21H24N8O2. The van der Waals surface area contributed by atoms with Crippen LogP contribution in [0.25, 0.3) is 5.82 Å². The molecule has 0 unspecified atom stereocenters. The van der Waals surface area contributed by atoms with Gasteiger partial charge in [-0.05, 0) is 19.8 Å². The van der Waals surface area contributed by atoms with Gasteiger partial charge in [0.05, 0.1) is 18.5 Å². The fourth-order valence-electron chi connectivity index (χ4n) is 4.24. The van der Waals surface area contributed by atoms with Crippen molar-refractivity contribution in [3.63, 3.8) is 0 Å². The Labute approximate surface area is 179 Å². The van der Waals surface area contributed by atoms with Crippen molar-refractivity contribution in [3.8, 4) is 5.82 Å². The molecule has 2 aliphatic heterocycles. The summed E-state index contributed by atoms with van der Waals surface area (Å²) in [7, 11) is 0. The molecule has 0 spiro atoms. The van der Waals surface area contributed by atoms with E-state index in [1.165, 1.54) is 5.06 Å². The minimum Gasteiger partial charge on any atom is -0.356 e. The number of aromatic nitrogens is 6. The molecule has 3 aromatic rings. The highest BCUT2D eigenvalue weighted by molar-refractivity contribution is 5.78. The molecule has 0 aliphatic carbocycles. The molecule has 2 aliphatic rings. The van der Waals surface area contributed by atoms with Crippen LogP contribution >= 0.6 is 0 Å². The van der Waals surface area contributed by atoms with Crippen molar-refractivity contribution in [1.29, 1.82) is 0 Å². The molecule has 2 saturated heterocycles. The van der Waals surface area contributed by atoms with Crippen molar-refractivity contribution in [2.75, 3.05) is 24.6 Å². The Morgan fingerprint density at radius 1 is 1.03 bits per heavy atom. The van der Waals surface area contributed by atoms with Gasteiger partial charge in [0, 0.05) is 56.3 Å². The smallest absolute Gasteiger partial charge is 0.250 e. The number of carbonyl (C=O) groups is 1. The second kappa shape index (κ2) is 8.38. The Morgan fingerprint density at radius 3 is 2.61 bits per heavy atom. The van der Waals surface area contributed by atoms with Crippen molar-refractivity contribution < 1.29 is 9.63 Å². The van der Waals surface area contributed by atoms with E-state index in [1.54, 1.807) is 31.1 Å².